The van der Waals surface area contributed by atoms with Crippen LogP contribution >= 0.6 is 11.3 Å². The van der Waals surface area contributed by atoms with E-state index in [1.54, 1.807) is 6.20 Å². The largest absolute Gasteiger partial charge is 0.456 e. The lowest BCUT2D eigenvalue weighted by atomic mass is 10.4. The highest BCUT2D eigenvalue weighted by atomic mass is 32.1. The number of amides is 1. The SMILES string of the molecule is CCc1cnc(NC(=O)COC(C)=O)s1. The summed E-state index contributed by atoms with van der Waals surface area (Å²) in [6.45, 7) is 3.00. The molecule has 6 heteroatoms. The van der Waals surface area contributed by atoms with Crippen molar-refractivity contribution in [2.24, 2.45) is 0 Å². The summed E-state index contributed by atoms with van der Waals surface area (Å²) in [5, 5.41) is 3.07. The number of rotatable bonds is 4. The van der Waals surface area contributed by atoms with E-state index in [1.165, 1.54) is 18.3 Å². The summed E-state index contributed by atoms with van der Waals surface area (Å²) in [6, 6.07) is 0. The van der Waals surface area contributed by atoms with Gasteiger partial charge in [0.2, 0.25) is 0 Å². The maximum absolute atomic E-state index is 11.2. The number of aromatic nitrogens is 1. The molecule has 1 N–H and O–H groups in total. The number of esters is 1. The molecule has 0 spiro atoms. The minimum atomic E-state index is -0.474. The van der Waals surface area contributed by atoms with Crippen molar-refractivity contribution in [3.63, 3.8) is 0 Å². The molecular formula is C9H12N2O3S. The molecule has 1 amide bonds. The monoisotopic (exact) mass is 228 g/mol. The Balaban J connectivity index is 2.40. The number of nitrogens with one attached hydrogen (secondary N) is 1. The first-order chi connectivity index (χ1) is 7.11. The molecule has 0 radical (unpaired) electrons. The quantitative estimate of drug-likeness (QED) is 0.786. The average Bonchev–Trinajstić information content (AvgIpc) is 2.62. The van der Waals surface area contributed by atoms with E-state index in [2.05, 4.69) is 15.0 Å². The first-order valence-corrected chi connectivity index (χ1v) is 5.31. The van der Waals surface area contributed by atoms with Crippen LogP contribution in [0.1, 0.15) is 18.7 Å². The first kappa shape index (κ1) is 11.6. The summed E-state index contributed by atoms with van der Waals surface area (Å²) in [4.78, 5) is 26.7. The third-order valence-corrected chi connectivity index (χ3v) is 2.61. The smallest absolute Gasteiger partial charge is 0.303 e. The number of anilines is 1. The highest BCUT2D eigenvalue weighted by molar-refractivity contribution is 7.15. The molecule has 0 aromatic carbocycles. The fraction of sp³-hybridized carbons (Fsp3) is 0.444. The minimum absolute atomic E-state index is 0.267. The lowest BCUT2D eigenvalue weighted by molar-refractivity contribution is -0.144. The zero-order valence-electron chi connectivity index (χ0n) is 8.57. The molecule has 0 bridgehead atoms. The summed E-state index contributed by atoms with van der Waals surface area (Å²) in [5.41, 5.74) is 0. The van der Waals surface area contributed by atoms with Crippen molar-refractivity contribution in [1.29, 1.82) is 0 Å². The highest BCUT2D eigenvalue weighted by Gasteiger charge is 2.07. The number of aryl methyl sites for hydroxylation is 1. The summed E-state index contributed by atoms with van der Waals surface area (Å²) in [7, 11) is 0. The van der Waals surface area contributed by atoms with Gasteiger partial charge >= 0.3 is 5.97 Å². The van der Waals surface area contributed by atoms with Crippen LogP contribution in [0.25, 0.3) is 0 Å². The van der Waals surface area contributed by atoms with Gasteiger partial charge in [0.05, 0.1) is 0 Å². The third kappa shape index (κ3) is 4.07. The molecule has 0 aliphatic rings. The van der Waals surface area contributed by atoms with Crippen LogP contribution in [0.2, 0.25) is 0 Å². The van der Waals surface area contributed by atoms with Crippen molar-refractivity contribution >= 4 is 28.3 Å². The van der Waals surface area contributed by atoms with Crippen molar-refractivity contribution in [3.05, 3.63) is 11.1 Å². The molecule has 1 aromatic heterocycles. The molecule has 5 nitrogen and oxygen atoms in total. The van der Waals surface area contributed by atoms with Gasteiger partial charge in [0.15, 0.2) is 11.7 Å². The van der Waals surface area contributed by atoms with Gasteiger partial charge in [-0.15, -0.1) is 11.3 Å². The highest BCUT2D eigenvalue weighted by Crippen LogP contribution is 2.17. The predicted octanol–water partition coefficient (Wildman–Crippen LogP) is 1.21. The van der Waals surface area contributed by atoms with Gasteiger partial charge < -0.3 is 4.74 Å². The summed E-state index contributed by atoms with van der Waals surface area (Å²) in [6.07, 6.45) is 2.60. The fourth-order valence-corrected chi connectivity index (χ4v) is 1.62. The van der Waals surface area contributed by atoms with E-state index in [0.29, 0.717) is 5.13 Å². The Labute approximate surface area is 91.5 Å². The zero-order valence-corrected chi connectivity index (χ0v) is 9.39. The zero-order chi connectivity index (χ0) is 11.3. The molecule has 0 fully saturated rings. The van der Waals surface area contributed by atoms with Crippen LogP contribution in [-0.4, -0.2) is 23.5 Å². The van der Waals surface area contributed by atoms with E-state index in [0.717, 1.165) is 11.3 Å². The van der Waals surface area contributed by atoms with Gasteiger partial charge in [0.1, 0.15) is 0 Å². The van der Waals surface area contributed by atoms with Crippen molar-refractivity contribution in [3.8, 4) is 0 Å². The van der Waals surface area contributed by atoms with Gasteiger partial charge in [-0.3, -0.25) is 14.9 Å². The van der Waals surface area contributed by atoms with Crippen LogP contribution in [-0.2, 0) is 20.7 Å². The Morgan fingerprint density at radius 3 is 2.87 bits per heavy atom. The van der Waals surface area contributed by atoms with Gasteiger partial charge in [-0.25, -0.2) is 4.98 Å². The minimum Gasteiger partial charge on any atom is -0.456 e. The maximum Gasteiger partial charge on any atom is 0.303 e. The van der Waals surface area contributed by atoms with Crippen molar-refractivity contribution in [1.82, 2.24) is 4.98 Å². The lowest BCUT2D eigenvalue weighted by Gasteiger charge is -2.01. The van der Waals surface area contributed by atoms with Crippen LogP contribution in [0.15, 0.2) is 6.20 Å². The molecule has 15 heavy (non-hydrogen) atoms. The Kier molecular flexibility index (Phi) is 4.23. The molecule has 0 unspecified atom stereocenters. The van der Waals surface area contributed by atoms with Crippen LogP contribution in [0.5, 0.6) is 0 Å². The van der Waals surface area contributed by atoms with E-state index in [9.17, 15) is 9.59 Å². The number of thiazole rings is 1. The number of carbonyl (C=O) groups is 2. The molecule has 0 aliphatic carbocycles. The van der Waals surface area contributed by atoms with Crippen LogP contribution in [0.3, 0.4) is 0 Å². The second-order valence-corrected chi connectivity index (χ2v) is 3.93. The van der Waals surface area contributed by atoms with E-state index >= 15 is 0 Å². The predicted molar refractivity (Wildman–Crippen MR) is 56.8 cm³/mol. The van der Waals surface area contributed by atoms with Gasteiger partial charge in [-0.05, 0) is 6.42 Å². The molecule has 0 aliphatic heterocycles. The average molecular weight is 228 g/mol. The molecule has 1 rings (SSSR count). The van der Waals surface area contributed by atoms with Crippen LogP contribution in [0, 0.1) is 0 Å². The number of ether oxygens (including phenoxy) is 1. The Morgan fingerprint density at radius 1 is 1.60 bits per heavy atom. The van der Waals surface area contributed by atoms with Gasteiger partial charge in [-0.1, -0.05) is 6.92 Å². The number of hydrogen-bond donors (Lipinski definition) is 1. The van der Waals surface area contributed by atoms with E-state index in [4.69, 9.17) is 0 Å². The topological polar surface area (TPSA) is 68.3 Å². The van der Waals surface area contributed by atoms with E-state index < -0.39 is 5.97 Å². The second-order valence-electron chi connectivity index (χ2n) is 2.81. The summed E-state index contributed by atoms with van der Waals surface area (Å²) < 4.78 is 4.53. The Morgan fingerprint density at radius 2 is 2.33 bits per heavy atom. The number of hydrogen-bond acceptors (Lipinski definition) is 5. The molecule has 82 valence electrons. The maximum atomic E-state index is 11.2. The standard InChI is InChI=1S/C9H12N2O3S/c1-3-7-4-10-9(15-7)11-8(13)5-14-6(2)12/h4H,3,5H2,1-2H3,(H,10,11,13). The summed E-state index contributed by atoms with van der Waals surface area (Å²) >= 11 is 1.41. The third-order valence-electron chi connectivity index (χ3n) is 1.55. The number of nitrogens with zero attached hydrogens (tertiary/aromatic N) is 1. The second kappa shape index (κ2) is 5.45. The van der Waals surface area contributed by atoms with Crippen LogP contribution < -0.4 is 5.32 Å². The normalized spacial score (nSPS) is 9.73. The lowest BCUT2D eigenvalue weighted by Crippen LogP contribution is -2.19. The van der Waals surface area contributed by atoms with E-state index in [-0.39, 0.29) is 12.5 Å². The molecule has 1 heterocycles. The van der Waals surface area contributed by atoms with E-state index in [1.807, 2.05) is 6.92 Å². The van der Waals surface area contributed by atoms with Crippen molar-refractivity contribution < 1.29 is 14.3 Å². The van der Waals surface area contributed by atoms with Crippen molar-refractivity contribution in [2.45, 2.75) is 20.3 Å². The van der Waals surface area contributed by atoms with Crippen LogP contribution in [0.4, 0.5) is 5.13 Å². The molecule has 0 saturated heterocycles. The molecule has 1 aromatic rings. The summed E-state index contributed by atoms with van der Waals surface area (Å²) in [5.74, 6) is -0.847. The van der Waals surface area contributed by atoms with Gasteiger partial charge in [0, 0.05) is 18.0 Å². The van der Waals surface area contributed by atoms with Crippen molar-refractivity contribution in [2.75, 3.05) is 11.9 Å². The molecule has 0 atom stereocenters. The first-order valence-electron chi connectivity index (χ1n) is 4.49. The Bertz CT molecular complexity index is 362. The van der Waals surface area contributed by atoms with Gasteiger partial charge in [0.25, 0.3) is 5.91 Å². The fourth-order valence-electron chi connectivity index (χ4n) is 0.851. The molecule has 0 saturated carbocycles. The molecular weight excluding hydrogens is 216 g/mol. The van der Waals surface area contributed by atoms with Gasteiger partial charge in [-0.2, -0.15) is 0 Å². The Hall–Kier alpha value is -1.43. The number of carbonyl (C=O) groups excluding carboxylic acids is 2.